The van der Waals surface area contributed by atoms with Crippen molar-refractivity contribution in [3.63, 3.8) is 0 Å². The number of thiophene rings is 1. The second-order valence-electron chi connectivity index (χ2n) is 5.21. The number of hydrogen-bond acceptors (Lipinski definition) is 6. The van der Waals surface area contributed by atoms with Crippen LogP contribution in [0.5, 0.6) is 0 Å². The van der Waals surface area contributed by atoms with E-state index in [0.717, 1.165) is 4.88 Å². The molecule has 0 aliphatic heterocycles. The molecule has 0 saturated heterocycles. The summed E-state index contributed by atoms with van der Waals surface area (Å²) in [5.41, 5.74) is 5.48. The molecule has 7 nitrogen and oxygen atoms in total. The third-order valence-corrected chi connectivity index (χ3v) is 7.30. The van der Waals surface area contributed by atoms with Crippen LogP contribution in [0.4, 0.5) is 0 Å². The highest BCUT2D eigenvalue weighted by molar-refractivity contribution is 7.91. The van der Waals surface area contributed by atoms with Crippen molar-refractivity contribution >= 4 is 27.3 Å². The summed E-state index contributed by atoms with van der Waals surface area (Å²) in [5.74, 6) is -0.125. The van der Waals surface area contributed by atoms with E-state index in [4.69, 9.17) is 10.5 Å². The average Bonchev–Trinajstić information content (AvgIpc) is 3.03. The summed E-state index contributed by atoms with van der Waals surface area (Å²) in [7, 11) is -1.89. The first-order valence-corrected chi connectivity index (χ1v) is 10.2. The summed E-state index contributed by atoms with van der Waals surface area (Å²) in [6.07, 6.45) is 0.529. The zero-order valence-electron chi connectivity index (χ0n) is 14.4. The number of hydrogen-bond donors (Lipinski definition) is 2. The van der Waals surface area contributed by atoms with E-state index in [-0.39, 0.29) is 18.4 Å². The van der Waals surface area contributed by atoms with Gasteiger partial charge in [-0.25, -0.2) is 8.42 Å². The van der Waals surface area contributed by atoms with Gasteiger partial charge in [-0.2, -0.15) is 4.31 Å². The molecule has 0 aliphatic carbocycles. The largest absolute Gasteiger partial charge is 0.380 e. The summed E-state index contributed by atoms with van der Waals surface area (Å²) in [5, 5.41) is 2.80. The molecule has 0 saturated carbocycles. The Morgan fingerprint density at radius 3 is 2.58 bits per heavy atom. The highest BCUT2D eigenvalue weighted by Crippen LogP contribution is 2.25. The van der Waals surface area contributed by atoms with Gasteiger partial charge in [0.15, 0.2) is 0 Å². The van der Waals surface area contributed by atoms with E-state index < -0.39 is 10.0 Å². The minimum absolute atomic E-state index is 0.125. The second-order valence-corrected chi connectivity index (χ2v) is 8.54. The number of sulfonamides is 1. The number of nitrogens with two attached hydrogens (primary N) is 1. The Morgan fingerprint density at radius 1 is 1.38 bits per heavy atom. The minimum Gasteiger partial charge on any atom is -0.380 e. The molecule has 1 heterocycles. The van der Waals surface area contributed by atoms with E-state index in [1.54, 1.807) is 12.1 Å². The summed E-state index contributed by atoms with van der Waals surface area (Å²) in [6.45, 7) is 5.28. The van der Waals surface area contributed by atoms with Gasteiger partial charge in [0.05, 0.1) is 12.5 Å². The summed E-state index contributed by atoms with van der Waals surface area (Å²) < 4.78 is 31.7. The number of methoxy groups -OCH3 is 1. The summed E-state index contributed by atoms with van der Waals surface area (Å²) in [6, 6.07) is 3.43. The minimum atomic E-state index is -3.41. The molecule has 1 amide bonds. The van der Waals surface area contributed by atoms with Crippen LogP contribution in [0.1, 0.15) is 25.1 Å². The van der Waals surface area contributed by atoms with E-state index >= 15 is 0 Å². The van der Waals surface area contributed by atoms with Crippen LogP contribution < -0.4 is 11.1 Å². The lowest BCUT2D eigenvalue weighted by Crippen LogP contribution is -2.33. The molecule has 1 rings (SSSR count). The lowest BCUT2D eigenvalue weighted by atomic mass is 10.2. The van der Waals surface area contributed by atoms with Crippen LogP contribution in [0.15, 0.2) is 16.3 Å². The van der Waals surface area contributed by atoms with E-state index in [0.29, 0.717) is 36.8 Å². The summed E-state index contributed by atoms with van der Waals surface area (Å²) >= 11 is 1.25. The van der Waals surface area contributed by atoms with Gasteiger partial charge in [0, 0.05) is 38.2 Å². The zero-order chi connectivity index (χ0) is 18.2. The number of ether oxygens (including phenoxy) is 1. The van der Waals surface area contributed by atoms with E-state index in [9.17, 15) is 13.2 Å². The van der Waals surface area contributed by atoms with Crippen molar-refractivity contribution < 1.29 is 17.9 Å². The number of carbonyl (C=O) groups is 1. The fourth-order valence-electron chi connectivity index (χ4n) is 2.19. The lowest BCUT2D eigenvalue weighted by Gasteiger charge is -2.16. The van der Waals surface area contributed by atoms with Crippen molar-refractivity contribution in [2.45, 2.75) is 37.0 Å². The Labute approximate surface area is 148 Å². The predicted octanol–water partition coefficient (Wildman–Crippen LogP) is 0.801. The van der Waals surface area contributed by atoms with Gasteiger partial charge in [0.2, 0.25) is 5.91 Å². The third-order valence-electron chi connectivity index (χ3n) is 3.64. The third kappa shape index (κ3) is 5.82. The average molecular weight is 378 g/mol. The molecule has 1 unspecified atom stereocenters. The van der Waals surface area contributed by atoms with Gasteiger partial charge in [-0.05, 0) is 18.6 Å². The number of rotatable bonds is 11. The fourth-order valence-corrected chi connectivity index (χ4v) is 5.16. The van der Waals surface area contributed by atoms with Crippen LogP contribution in [0.2, 0.25) is 0 Å². The SMILES string of the molecule is CCN(CC)S(=O)(=O)c1ccc(CCNC(=O)CC(CN)OC)s1. The first-order valence-electron chi connectivity index (χ1n) is 7.97. The maximum atomic E-state index is 12.4. The molecule has 0 bridgehead atoms. The standard InChI is InChI=1S/C15H27N3O4S2/c1-4-18(5-2)24(20,21)15-7-6-13(23-15)8-9-17-14(19)10-12(11-16)22-3/h6-7,12H,4-5,8-11,16H2,1-3H3,(H,17,19). The van der Waals surface area contributed by atoms with Crippen LogP contribution in [-0.4, -0.2) is 58.0 Å². The lowest BCUT2D eigenvalue weighted by molar-refractivity contribution is -0.123. The zero-order valence-corrected chi connectivity index (χ0v) is 16.1. The van der Waals surface area contributed by atoms with Crippen molar-refractivity contribution in [1.82, 2.24) is 9.62 Å². The highest BCUT2D eigenvalue weighted by Gasteiger charge is 2.23. The van der Waals surface area contributed by atoms with Crippen molar-refractivity contribution in [3.05, 3.63) is 17.0 Å². The number of amides is 1. The quantitative estimate of drug-likeness (QED) is 0.594. The van der Waals surface area contributed by atoms with Crippen LogP contribution in [-0.2, 0) is 26.0 Å². The fraction of sp³-hybridized carbons (Fsp3) is 0.667. The van der Waals surface area contributed by atoms with Crippen molar-refractivity contribution in [2.24, 2.45) is 5.73 Å². The van der Waals surface area contributed by atoms with Crippen LogP contribution in [0.3, 0.4) is 0 Å². The van der Waals surface area contributed by atoms with E-state index in [1.165, 1.54) is 22.8 Å². The molecule has 1 atom stereocenters. The van der Waals surface area contributed by atoms with E-state index in [2.05, 4.69) is 5.32 Å². The molecule has 0 aromatic carbocycles. The molecule has 0 spiro atoms. The summed E-state index contributed by atoms with van der Waals surface area (Å²) in [4.78, 5) is 12.7. The molecule has 24 heavy (non-hydrogen) atoms. The number of nitrogens with zero attached hydrogens (tertiary/aromatic N) is 1. The predicted molar refractivity (Wildman–Crippen MR) is 95.6 cm³/mol. The maximum absolute atomic E-state index is 12.4. The molecular weight excluding hydrogens is 350 g/mol. The Morgan fingerprint density at radius 2 is 2.04 bits per heavy atom. The first kappa shape index (κ1) is 21.0. The Bertz CT molecular complexity index is 608. The smallest absolute Gasteiger partial charge is 0.252 e. The normalized spacial score (nSPS) is 13.2. The second kappa shape index (κ2) is 10.1. The van der Waals surface area contributed by atoms with Crippen molar-refractivity contribution in [1.29, 1.82) is 0 Å². The van der Waals surface area contributed by atoms with Gasteiger partial charge >= 0.3 is 0 Å². The topological polar surface area (TPSA) is 102 Å². The van der Waals surface area contributed by atoms with Gasteiger partial charge in [0.1, 0.15) is 4.21 Å². The van der Waals surface area contributed by atoms with Gasteiger partial charge in [0.25, 0.3) is 10.0 Å². The number of carbonyl (C=O) groups excluding carboxylic acids is 1. The van der Waals surface area contributed by atoms with Crippen molar-refractivity contribution in [2.75, 3.05) is 33.3 Å². The highest BCUT2D eigenvalue weighted by atomic mass is 32.2. The molecule has 3 N–H and O–H groups in total. The number of nitrogens with one attached hydrogen (secondary N) is 1. The molecule has 0 radical (unpaired) electrons. The first-order chi connectivity index (χ1) is 11.4. The molecule has 9 heteroatoms. The van der Waals surface area contributed by atoms with Gasteiger partial charge < -0.3 is 15.8 Å². The van der Waals surface area contributed by atoms with Crippen LogP contribution in [0.25, 0.3) is 0 Å². The molecular formula is C15H27N3O4S2. The van der Waals surface area contributed by atoms with Crippen LogP contribution in [0, 0.1) is 0 Å². The van der Waals surface area contributed by atoms with Gasteiger partial charge in [-0.15, -0.1) is 11.3 Å². The van der Waals surface area contributed by atoms with Crippen LogP contribution >= 0.6 is 11.3 Å². The van der Waals surface area contributed by atoms with Gasteiger partial charge in [-0.1, -0.05) is 13.8 Å². The molecule has 0 aliphatic rings. The van der Waals surface area contributed by atoms with Crippen molar-refractivity contribution in [3.8, 4) is 0 Å². The Balaban J connectivity index is 2.55. The molecule has 138 valence electrons. The maximum Gasteiger partial charge on any atom is 0.252 e. The Kier molecular flexibility index (Phi) is 8.85. The Hall–Kier alpha value is -1.00. The molecule has 1 aromatic heterocycles. The van der Waals surface area contributed by atoms with Gasteiger partial charge in [-0.3, -0.25) is 4.79 Å². The molecule has 1 aromatic rings. The molecule has 0 fully saturated rings. The van der Waals surface area contributed by atoms with E-state index in [1.807, 2.05) is 13.8 Å². The monoisotopic (exact) mass is 377 g/mol.